The van der Waals surface area contributed by atoms with E-state index in [0.717, 1.165) is 0 Å². The number of nitrogens with zero attached hydrogens (tertiary/aromatic N) is 1. The lowest BCUT2D eigenvalue weighted by atomic mass is 10.1. The summed E-state index contributed by atoms with van der Waals surface area (Å²) in [7, 11) is 1.29. The Bertz CT molecular complexity index is 577. The van der Waals surface area contributed by atoms with Gasteiger partial charge < -0.3 is 28.6 Å². The lowest BCUT2D eigenvalue weighted by Gasteiger charge is -2.23. The molecule has 1 aliphatic rings. The first-order chi connectivity index (χ1) is 13.2. The molecule has 150 valence electrons. The quantitative estimate of drug-likeness (QED) is 0.707. The van der Waals surface area contributed by atoms with Gasteiger partial charge in [0.2, 0.25) is 0 Å². The molecule has 1 fully saturated rings. The van der Waals surface area contributed by atoms with Gasteiger partial charge in [-0.05, 0) is 12.1 Å². The summed E-state index contributed by atoms with van der Waals surface area (Å²) in [6.45, 7) is 4.35. The third-order valence-electron chi connectivity index (χ3n) is 3.98. The Morgan fingerprint density at radius 3 is 1.70 bits per heavy atom. The number of methoxy groups -OCH3 is 1. The maximum absolute atomic E-state index is 13.0. The van der Waals surface area contributed by atoms with Crippen LogP contribution >= 0.6 is 0 Å². The smallest absolute Gasteiger partial charge is 0.338 e. The van der Waals surface area contributed by atoms with E-state index in [1.165, 1.54) is 7.11 Å². The molecule has 1 aliphatic heterocycles. The van der Waals surface area contributed by atoms with Gasteiger partial charge in [-0.25, -0.2) is 4.79 Å². The Morgan fingerprint density at radius 1 is 0.778 bits per heavy atom. The predicted octanol–water partition coefficient (Wildman–Crippen LogP) is 0.995. The average Bonchev–Trinajstić information content (AvgIpc) is 2.71. The lowest BCUT2D eigenvalue weighted by Crippen LogP contribution is -2.37. The van der Waals surface area contributed by atoms with Gasteiger partial charge in [0.1, 0.15) is 0 Å². The lowest BCUT2D eigenvalue weighted by molar-refractivity contribution is 0.00206. The number of rotatable bonds is 2. The first kappa shape index (κ1) is 21.3. The van der Waals surface area contributed by atoms with Crippen LogP contribution in [0.5, 0.6) is 0 Å². The van der Waals surface area contributed by atoms with Crippen LogP contribution in [0.2, 0.25) is 0 Å². The van der Waals surface area contributed by atoms with E-state index in [0.29, 0.717) is 71.5 Å². The van der Waals surface area contributed by atoms with Crippen molar-refractivity contribution in [3.63, 3.8) is 0 Å². The van der Waals surface area contributed by atoms with E-state index in [1.807, 2.05) is 0 Å². The molecular formula is C19H27NO7. The number of hydrogen-bond acceptors (Lipinski definition) is 7. The van der Waals surface area contributed by atoms with Crippen molar-refractivity contribution in [1.29, 1.82) is 0 Å². The van der Waals surface area contributed by atoms with Crippen molar-refractivity contribution in [3.05, 3.63) is 35.4 Å². The van der Waals surface area contributed by atoms with Crippen LogP contribution in [-0.4, -0.2) is 89.8 Å². The fourth-order valence-electron chi connectivity index (χ4n) is 2.55. The summed E-state index contributed by atoms with van der Waals surface area (Å²) in [6, 6.07) is 6.61. The molecule has 0 atom stereocenters. The van der Waals surface area contributed by atoms with Crippen LogP contribution in [0.3, 0.4) is 0 Å². The molecular weight excluding hydrogens is 354 g/mol. The van der Waals surface area contributed by atoms with Gasteiger partial charge in [-0.1, -0.05) is 12.1 Å². The second kappa shape index (κ2) is 12.4. The number of carbonyl (C=O) groups excluding carboxylic acids is 2. The molecule has 8 heteroatoms. The third kappa shape index (κ3) is 7.26. The molecule has 0 aliphatic carbocycles. The van der Waals surface area contributed by atoms with Crippen LogP contribution in [0.4, 0.5) is 0 Å². The van der Waals surface area contributed by atoms with Crippen molar-refractivity contribution in [2.24, 2.45) is 0 Å². The van der Waals surface area contributed by atoms with E-state index in [2.05, 4.69) is 0 Å². The van der Waals surface area contributed by atoms with Gasteiger partial charge in [0.25, 0.3) is 5.91 Å². The highest BCUT2D eigenvalue weighted by Crippen LogP contribution is 2.13. The average molecular weight is 381 g/mol. The second-order valence-corrected chi connectivity index (χ2v) is 5.78. The summed E-state index contributed by atoms with van der Waals surface area (Å²) in [5.41, 5.74) is 0.540. The van der Waals surface area contributed by atoms with Crippen molar-refractivity contribution in [2.45, 2.75) is 0 Å². The maximum Gasteiger partial charge on any atom is 0.338 e. The van der Waals surface area contributed by atoms with Crippen LogP contribution in [0.15, 0.2) is 24.3 Å². The van der Waals surface area contributed by atoms with Crippen LogP contribution in [-0.2, 0) is 23.7 Å². The molecule has 0 N–H and O–H groups in total. The number of esters is 1. The molecule has 8 nitrogen and oxygen atoms in total. The summed E-state index contributed by atoms with van der Waals surface area (Å²) < 4.78 is 26.6. The summed E-state index contributed by atoms with van der Waals surface area (Å²) in [4.78, 5) is 26.6. The number of carbonyl (C=O) groups is 2. The second-order valence-electron chi connectivity index (χ2n) is 5.78. The van der Waals surface area contributed by atoms with E-state index >= 15 is 0 Å². The van der Waals surface area contributed by atoms with Crippen LogP contribution < -0.4 is 0 Å². The van der Waals surface area contributed by atoms with Crippen molar-refractivity contribution in [3.8, 4) is 0 Å². The molecule has 27 heavy (non-hydrogen) atoms. The molecule has 1 heterocycles. The van der Waals surface area contributed by atoms with Gasteiger partial charge >= 0.3 is 5.97 Å². The molecule has 0 aromatic heterocycles. The normalized spacial score (nSPS) is 18.2. The van der Waals surface area contributed by atoms with Gasteiger partial charge in [0.15, 0.2) is 0 Å². The first-order valence-corrected chi connectivity index (χ1v) is 9.01. The Morgan fingerprint density at radius 2 is 1.22 bits per heavy atom. The highest BCUT2D eigenvalue weighted by atomic mass is 16.6. The third-order valence-corrected chi connectivity index (χ3v) is 3.98. The standard InChI is InChI=1S/C19H27NO7/c1-23-19(22)17-5-3-2-4-16(17)18(21)20-6-8-24-10-12-26-14-15-27-13-11-25-9-7-20/h2-5H,6-15H2,1H3. The van der Waals surface area contributed by atoms with Crippen LogP contribution in [0, 0.1) is 0 Å². The van der Waals surface area contributed by atoms with E-state index in [1.54, 1.807) is 29.2 Å². The van der Waals surface area contributed by atoms with Crippen molar-refractivity contribution < 1.29 is 33.3 Å². The highest BCUT2D eigenvalue weighted by Gasteiger charge is 2.22. The number of amides is 1. The van der Waals surface area contributed by atoms with E-state index < -0.39 is 5.97 Å². The Hall–Kier alpha value is -2.00. The SMILES string of the molecule is COC(=O)c1ccccc1C(=O)N1CCOCCOCCOCCOCC1. The van der Waals surface area contributed by atoms with E-state index in [-0.39, 0.29) is 11.5 Å². The fourth-order valence-corrected chi connectivity index (χ4v) is 2.55. The zero-order valence-electron chi connectivity index (χ0n) is 15.7. The number of ether oxygens (including phenoxy) is 5. The summed E-state index contributed by atoms with van der Waals surface area (Å²) in [5, 5.41) is 0. The molecule has 0 radical (unpaired) electrons. The van der Waals surface area contributed by atoms with Crippen molar-refractivity contribution >= 4 is 11.9 Å². The minimum Gasteiger partial charge on any atom is -0.465 e. The van der Waals surface area contributed by atoms with Crippen molar-refractivity contribution in [1.82, 2.24) is 4.90 Å². The van der Waals surface area contributed by atoms with Crippen LogP contribution in [0.1, 0.15) is 20.7 Å². The summed E-state index contributed by atoms with van der Waals surface area (Å²) in [5.74, 6) is -0.806. The minimum absolute atomic E-state index is 0.240. The van der Waals surface area contributed by atoms with Gasteiger partial charge in [-0.3, -0.25) is 4.79 Å². The topological polar surface area (TPSA) is 83.5 Å². The molecule has 1 amide bonds. The molecule has 0 spiro atoms. The van der Waals surface area contributed by atoms with Gasteiger partial charge in [-0.15, -0.1) is 0 Å². The molecule has 1 aromatic rings. The summed E-state index contributed by atoms with van der Waals surface area (Å²) in [6.07, 6.45) is 0. The molecule has 0 saturated carbocycles. The molecule has 1 saturated heterocycles. The Kier molecular flexibility index (Phi) is 9.78. The molecule has 2 rings (SSSR count). The van der Waals surface area contributed by atoms with Gasteiger partial charge in [-0.2, -0.15) is 0 Å². The van der Waals surface area contributed by atoms with Crippen LogP contribution in [0.25, 0.3) is 0 Å². The molecule has 1 aromatic carbocycles. The molecule has 0 bridgehead atoms. The fraction of sp³-hybridized carbons (Fsp3) is 0.579. The first-order valence-electron chi connectivity index (χ1n) is 9.01. The number of benzene rings is 1. The Labute approximate surface area is 159 Å². The Balaban J connectivity index is 2.04. The highest BCUT2D eigenvalue weighted by molar-refractivity contribution is 6.05. The van der Waals surface area contributed by atoms with Crippen molar-refractivity contribution in [2.75, 3.05) is 73.1 Å². The van der Waals surface area contributed by atoms with Gasteiger partial charge in [0.05, 0.1) is 71.1 Å². The zero-order valence-corrected chi connectivity index (χ0v) is 15.7. The van der Waals surface area contributed by atoms with E-state index in [4.69, 9.17) is 23.7 Å². The largest absolute Gasteiger partial charge is 0.465 e. The monoisotopic (exact) mass is 381 g/mol. The minimum atomic E-state index is -0.543. The summed E-state index contributed by atoms with van der Waals surface area (Å²) >= 11 is 0. The predicted molar refractivity (Wildman–Crippen MR) is 97.0 cm³/mol. The number of hydrogen-bond donors (Lipinski definition) is 0. The zero-order chi connectivity index (χ0) is 19.3. The molecule has 0 unspecified atom stereocenters. The van der Waals surface area contributed by atoms with E-state index in [9.17, 15) is 9.59 Å². The maximum atomic E-state index is 13.0. The van der Waals surface area contributed by atoms with Gasteiger partial charge in [0, 0.05) is 13.1 Å².